The molecule has 2 rings (SSSR count). The van der Waals surface area contributed by atoms with Crippen molar-refractivity contribution in [1.82, 2.24) is 4.98 Å². The third-order valence-corrected chi connectivity index (χ3v) is 4.82. The van der Waals surface area contributed by atoms with Crippen LogP contribution >= 0.6 is 0 Å². The third-order valence-electron chi connectivity index (χ3n) is 3.07. The fourth-order valence-electron chi connectivity index (χ4n) is 2.02. The molecule has 0 bridgehead atoms. The largest absolute Gasteiger partial charge is 0.390 e. The Balaban J connectivity index is 2.17. The van der Waals surface area contributed by atoms with Crippen LogP contribution in [0, 0.1) is 0 Å². The van der Waals surface area contributed by atoms with Gasteiger partial charge in [-0.05, 0) is 18.6 Å². The van der Waals surface area contributed by atoms with Crippen LogP contribution in [-0.2, 0) is 16.4 Å². The number of anilines is 1. The molecule has 5 nitrogen and oxygen atoms in total. The summed E-state index contributed by atoms with van der Waals surface area (Å²) in [6, 6.07) is 5.36. The number of nitrogens with zero attached hydrogens (tertiary/aromatic N) is 2. The molecule has 1 aromatic rings. The van der Waals surface area contributed by atoms with Gasteiger partial charge < -0.3 is 10.0 Å². The number of pyridine rings is 1. The first-order valence-corrected chi connectivity index (χ1v) is 7.34. The normalized spacial score (nSPS) is 22.6. The van der Waals surface area contributed by atoms with Crippen molar-refractivity contribution in [2.24, 2.45) is 0 Å². The van der Waals surface area contributed by atoms with E-state index in [1.165, 1.54) is 0 Å². The van der Waals surface area contributed by atoms with E-state index in [0.29, 0.717) is 17.9 Å². The molecule has 0 spiro atoms. The molecule has 17 heavy (non-hydrogen) atoms. The van der Waals surface area contributed by atoms with Crippen LogP contribution in [0.25, 0.3) is 0 Å². The third kappa shape index (κ3) is 2.76. The van der Waals surface area contributed by atoms with Gasteiger partial charge in [0.25, 0.3) is 0 Å². The zero-order chi connectivity index (χ0) is 12.5. The molecule has 0 aromatic carbocycles. The number of aliphatic hydroxyl groups is 1. The summed E-state index contributed by atoms with van der Waals surface area (Å²) in [5.74, 6) is 1.15. The molecule has 1 unspecified atom stereocenters. The van der Waals surface area contributed by atoms with Crippen LogP contribution in [0.3, 0.4) is 0 Å². The first-order valence-electron chi connectivity index (χ1n) is 5.52. The highest BCUT2D eigenvalue weighted by Crippen LogP contribution is 2.21. The molecule has 1 aliphatic heterocycles. The maximum Gasteiger partial charge on any atom is 0.152 e. The molecular weight excluding hydrogens is 240 g/mol. The molecule has 1 fully saturated rings. The van der Waals surface area contributed by atoms with Crippen LogP contribution in [-0.4, -0.2) is 43.1 Å². The van der Waals surface area contributed by atoms with Crippen molar-refractivity contribution in [3.05, 3.63) is 23.9 Å². The van der Waals surface area contributed by atoms with Gasteiger partial charge >= 0.3 is 0 Å². The van der Waals surface area contributed by atoms with Crippen LogP contribution in [0.4, 0.5) is 5.82 Å². The summed E-state index contributed by atoms with van der Waals surface area (Å²) in [5, 5.41) is 9.02. The van der Waals surface area contributed by atoms with Gasteiger partial charge in [0, 0.05) is 13.1 Å². The molecule has 1 aromatic heterocycles. The number of hydrogen-bond acceptors (Lipinski definition) is 5. The molecule has 2 heterocycles. The standard InChI is InChI=1S/C11H16N2O3S/c1-13(10-5-6-17(15,16)8-10)11-4-2-3-9(7-14)12-11/h2-4,10,14H,5-8H2,1H3. The predicted molar refractivity (Wildman–Crippen MR) is 65.6 cm³/mol. The summed E-state index contributed by atoms with van der Waals surface area (Å²) in [7, 11) is -1.04. The molecule has 0 radical (unpaired) electrons. The van der Waals surface area contributed by atoms with E-state index in [1.807, 2.05) is 24.1 Å². The van der Waals surface area contributed by atoms with E-state index in [2.05, 4.69) is 4.98 Å². The summed E-state index contributed by atoms with van der Waals surface area (Å²) in [6.45, 7) is -0.107. The minimum atomic E-state index is -2.88. The minimum absolute atomic E-state index is 0.0126. The lowest BCUT2D eigenvalue weighted by atomic mass is 10.2. The fraction of sp³-hybridized carbons (Fsp3) is 0.545. The second-order valence-corrected chi connectivity index (χ2v) is 6.54. The van der Waals surface area contributed by atoms with Gasteiger partial charge in [0.15, 0.2) is 9.84 Å². The second kappa shape index (κ2) is 4.62. The van der Waals surface area contributed by atoms with E-state index >= 15 is 0 Å². The minimum Gasteiger partial charge on any atom is -0.390 e. The Bertz CT molecular complexity index is 501. The van der Waals surface area contributed by atoms with Crippen LogP contribution in [0.15, 0.2) is 18.2 Å². The van der Waals surface area contributed by atoms with E-state index in [1.54, 1.807) is 6.07 Å². The predicted octanol–water partition coefficient (Wildman–Crippen LogP) is 0.197. The number of aromatic nitrogens is 1. The summed E-state index contributed by atoms with van der Waals surface area (Å²) in [4.78, 5) is 6.14. The molecule has 0 saturated carbocycles. The van der Waals surface area contributed by atoms with E-state index < -0.39 is 9.84 Å². The van der Waals surface area contributed by atoms with Gasteiger partial charge in [0.2, 0.25) is 0 Å². The number of sulfone groups is 1. The Kier molecular flexibility index (Phi) is 3.35. The highest BCUT2D eigenvalue weighted by Gasteiger charge is 2.31. The quantitative estimate of drug-likeness (QED) is 0.836. The molecule has 6 heteroatoms. The number of rotatable bonds is 3. The summed E-state index contributed by atoms with van der Waals surface area (Å²) in [5.41, 5.74) is 0.593. The molecule has 0 aliphatic carbocycles. The van der Waals surface area contributed by atoms with Crippen molar-refractivity contribution in [3.8, 4) is 0 Å². The molecule has 0 amide bonds. The zero-order valence-electron chi connectivity index (χ0n) is 9.70. The van der Waals surface area contributed by atoms with Crippen LogP contribution in [0.1, 0.15) is 12.1 Å². The summed E-state index contributed by atoms with van der Waals surface area (Å²) in [6.07, 6.45) is 0.643. The molecule has 1 N–H and O–H groups in total. The van der Waals surface area contributed by atoms with Crippen molar-refractivity contribution in [2.45, 2.75) is 19.1 Å². The first kappa shape index (κ1) is 12.3. The van der Waals surface area contributed by atoms with Gasteiger partial charge in [-0.2, -0.15) is 0 Å². The van der Waals surface area contributed by atoms with E-state index in [-0.39, 0.29) is 24.2 Å². The van der Waals surface area contributed by atoms with Gasteiger partial charge in [-0.25, -0.2) is 13.4 Å². The van der Waals surface area contributed by atoms with Gasteiger partial charge in [0.1, 0.15) is 5.82 Å². The van der Waals surface area contributed by atoms with E-state index in [0.717, 1.165) is 0 Å². The van der Waals surface area contributed by atoms with Crippen LogP contribution in [0.5, 0.6) is 0 Å². The van der Waals surface area contributed by atoms with Gasteiger partial charge in [-0.15, -0.1) is 0 Å². The smallest absolute Gasteiger partial charge is 0.152 e. The van der Waals surface area contributed by atoms with Crippen molar-refractivity contribution < 1.29 is 13.5 Å². The number of hydrogen-bond donors (Lipinski definition) is 1. The van der Waals surface area contributed by atoms with Crippen molar-refractivity contribution in [3.63, 3.8) is 0 Å². The summed E-state index contributed by atoms with van der Waals surface area (Å²) >= 11 is 0. The molecule has 1 saturated heterocycles. The average Bonchev–Trinajstić information content (AvgIpc) is 2.69. The lowest BCUT2D eigenvalue weighted by molar-refractivity contribution is 0.277. The Hall–Kier alpha value is -1.14. The van der Waals surface area contributed by atoms with Crippen molar-refractivity contribution >= 4 is 15.7 Å². The second-order valence-electron chi connectivity index (χ2n) is 4.31. The number of aliphatic hydroxyl groups excluding tert-OH is 1. The average molecular weight is 256 g/mol. The lowest BCUT2D eigenvalue weighted by Crippen LogP contribution is -2.33. The summed E-state index contributed by atoms with van der Waals surface area (Å²) < 4.78 is 22.8. The Labute approximate surface area is 101 Å². The topological polar surface area (TPSA) is 70.5 Å². The molecule has 94 valence electrons. The Morgan fingerprint density at radius 1 is 1.53 bits per heavy atom. The fourth-order valence-corrected chi connectivity index (χ4v) is 3.79. The van der Waals surface area contributed by atoms with Crippen LogP contribution < -0.4 is 4.90 Å². The van der Waals surface area contributed by atoms with Gasteiger partial charge in [0.05, 0.1) is 23.8 Å². The highest BCUT2D eigenvalue weighted by molar-refractivity contribution is 7.91. The van der Waals surface area contributed by atoms with Crippen molar-refractivity contribution in [2.75, 3.05) is 23.5 Å². The molecule has 1 atom stereocenters. The lowest BCUT2D eigenvalue weighted by Gasteiger charge is -2.24. The Morgan fingerprint density at radius 3 is 2.88 bits per heavy atom. The zero-order valence-corrected chi connectivity index (χ0v) is 10.5. The van der Waals surface area contributed by atoms with Crippen molar-refractivity contribution in [1.29, 1.82) is 0 Å². The monoisotopic (exact) mass is 256 g/mol. The maximum atomic E-state index is 11.4. The first-order chi connectivity index (χ1) is 8.02. The Morgan fingerprint density at radius 2 is 2.29 bits per heavy atom. The van der Waals surface area contributed by atoms with E-state index in [9.17, 15) is 8.42 Å². The SMILES string of the molecule is CN(c1cccc(CO)n1)C1CCS(=O)(=O)C1. The van der Waals surface area contributed by atoms with Gasteiger partial charge in [-0.3, -0.25) is 0 Å². The highest BCUT2D eigenvalue weighted by atomic mass is 32.2. The maximum absolute atomic E-state index is 11.4. The van der Waals surface area contributed by atoms with E-state index in [4.69, 9.17) is 5.11 Å². The van der Waals surface area contributed by atoms with Gasteiger partial charge in [-0.1, -0.05) is 6.07 Å². The molecular formula is C11H16N2O3S. The molecule has 1 aliphatic rings. The van der Waals surface area contributed by atoms with Crippen LogP contribution in [0.2, 0.25) is 0 Å².